The van der Waals surface area contributed by atoms with Gasteiger partial charge in [-0.3, -0.25) is 4.79 Å². The lowest BCUT2D eigenvalue weighted by Gasteiger charge is -2.26. The van der Waals surface area contributed by atoms with Crippen LogP contribution in [-0.4, -0.2) is 60.2 Å². The van der Waals surface area contributed by atoms with E-state index in [4.69, 9.17) is 16.3 Å². The summed E-state index contributed by atoms with van der Waals surface area (Å²) in [5.41, 5.74) is 2.08. The van der Waals surface area contributed by atoms with Gasteiger partial charge in [-0.15, -0.1) is 0 Å². The highest BCUT2D eigenvalue weighted by molar-refractivity contribution is 7.99. The van der Waals surface area contributed by atoms with Crippen molar-refractivity contribution in [2.75, 3.05) is 37.4 Å². The molecule has 0 bridgehead atoms. The number of morpholine rings is 1. The molecule has 0 aliphatic carbocycles. The molecule has 2 aromatic carbocycles. The third kappa shape index (κ3) is 4.94. The maximum absolute atomic E-state index is 13.0. The molecule has 0 unspecified atom stereocenters. The zero-order valence-corrected chi connectivity index (χ0v) is 19.8. The van der Waals surface area contributed by atoms with Gasteiger partial charge in [-0.05, 0) is 49.4 Å². The fourth-order valence-electron chi connectivity index (χ4n) is 3.46. The number of carbonyl (C=O) groups is 1. The minimum absolute atomic E-state index is 0.164. The van der Waals surface area contributed by atoms with Gasteiger partial charge in [0.2, 0.25) is 15.9 Å². The van der Waals surface area contributed by atoms with Crippen LogP contribution in [0.25, 0.3) is 11.0 Å². The van der Waals surface area contributed by atoms with E-state index in [1.54, 1.807) is 42.5 Å². The molecular weight excluding hydrogens is 472 g/mol. The fourth-order valence-corrected chi connectivity index (χ4v) is 5.89. The van der Waals surface area contributed by atoms with Crippen molar-refractivity contribution in [2.45, 2.75) is 23.5 Å². The van der Waals surface area contributed by atoms with Gasteiger partial charge in [-0.1, -0.05) is 23.4 Å². The zero-order valence-electron chi connectivity index (χ0n) is 17.5. The van der Waals surface area contributed by atoms with E-state index in [-0.39, 0.29) is 16.6 Å². The molecule has 1 aliphatic rings. The standard InChI is InChI=1S/C21H23ClN4O4S2/c1-2-26-19-8-7-17(32(28,29)25-9-11-30-12-10-25)13-18(19)24-21(26)31-14-20(27)23-16-5-3-15(22)4-6-16/h3-8,13H,2,9-12,14H2,1H3,(H,23,27). The molecule has 1 amide bonds. The summed E-state index contributed by atoms with van der Waals surface area (Å²) in [4.78, 5) is 17.2. The Labute approximate surface area is 195 Å². The summed E-state index contributed by atoms with van der Waals surface area (Å²) in [6.07, 6.45) is 0. The van der Waals surface area contributed by atoms with Crippen LogP contribution in [0, 0.1) is 0 Å². The number of rotatable bonds is 7. The number of hydrogen-bond donors (Lipinski definition) is 1. The second kappa shape index (κ2) is 9.80. The average molecular weight is 495 g/mol. The molecule has 170 valence electrons. The Bertz CT molecular complexity index is 1220. The van der Waals surface area contributed by atoms with Crippen molar-refractivity contribution in [1.82, 2.24) is 13.9 Å². The maximum Gasteiger partial charge on any atom is 0.243 e. The van der Waals surface area contributed by atoms with Gasteiger partial charge in [0.15, 0.2) is 5.16 Å². The summed E-state index contributed by atoms with van der Waals surface area (Å²) in [6.45, 7) is 4.10. The van der Waals surface area contributed by atoms with Gasteiger partial charge in [0, 0.05) is 30.3 Å². The Hall–Kier alpha value is -2.11. The van der Waals surface area contributed by atoms with Crippen LogP contribution in [0.3, 0.4) is 0 Å². The molecule has 4 rings (SSSR count). The Morgan fingerprint density at radius 1 is 1.19 bits per heavy atom. The van der Waals surface area contributed by atoms with Gasteiger partial charge in [-0.25, -0.2) is 13.4 Å². The third-order valence-corrected chi connectivity index (χ3v) is 8.19. The number of sulfonamides is 1. The lowest BCUT2D eigenvalue weighted by atomic mass is 10.3. The van der Waals surface area contributed by atoms with Gasteiger partial charge in [-0.2, -0.15) is 4.31 Å². The molecular formula is C21H23ClN4O4S2. The highest BCUT2D eigenvalue weighted by Gasteiger charge is 2.27. The summed E-state index contributed by atoms with van der Waals surface area (Å²) in [6, 6.07) is 11.9. The van der Waals surface area contributed by atoms with E-state index in [9.17, 15) is 13.2 Å². The highest BCUT2D eigenvalue weighted by atomic mass is 35.5. The number of anilines is 1. The average Bonchev–Trinajstić information content (AvgIpc) is 3.16. The first-order valence-corrected chi connectivity index (χ1v) is 13.0. The first-order chi connectivity index (χ1) is 15.4. The molecule has 1 aliphatic heterocycles. The van der Waals surface area contributed by atoms with Crippen LogP contribution in [0.15, 0.2) is 52.5 Å². The predicted molar refractivity (Wildman–Crippen MR) is 126 cm³/mol. The van der Waals surface area contributed by atoms with Crippen LogP contribution in [-0.2, 0) is 26.1 Å². The van der Waals surface area contributed by atoms with E-state index < -0.39 is 10.0 Å². The monoisotopic (exact) mass is 494 g/mol. The summed E-state index contributed by atoms with van der Waals surface area (Å²) in [5, 5.41) is 4.09. The van der Waals surface area contributed by atoms with Crippen molar-refractivity contribution < 1.29 is 17.9 Å². The van der Waals surface area contributed by atoms with E-state index in [0.29, 0.717) is 54.2 Å². The van der Waals surface area contributed by atoms with Gasteiger partial charge in [0.05, 0.1) is 34.9 Å². The van der Waals surface area contributed by atoms with Crippen molar-refractivity contribution >= 4 is 56.0 Å². The minimum atomic E-state index is -3.60. The Morgan fingerprint density at radius 2 is 1.91 bits per heavy atom. The quantitative estimate of drug-likeness (QED) is 0.505. The highest BCUT2D eigenvalue weighted by Crippen LogP contribution is 2.27. The lowest BCUT2D eigenvalue weighted by molar-refractivity contribution is -0.113. The Kier molecular flexibility index (Phi) is 7.06. The second-order valence-electron chi connectivity index (χ2n) is 7.15. The maximum atomic E-state index is 13.0. The molecule has 0 radical (unpaired) electrons. The second-order valence-corrected chi connectivity index (χ2v) is 10.5. The number of imidazole rings is 1. The fraction of sp³-hybridized carbons (Fsp3) is 0.333. The number of nitrogens with zero attached hydrogens (tertiary/aromatic N) is 3. The molecule has 32 heavy (non-hydrogen) atoms. The number of ether oxygens (including phenoxy) is 1. The molecule has 11 heteroatoms. The third-order valence-electron chi connectivity index (χ3n) is 5.07. The first-order valence-electron chi connectivity index (χ1n) is 10.1. The van der Waals surface area contributed by atoms with Crippen LogP contribution < -0.4 is 5.32 Å². The lowest BCUT2D eigenvalue weighted by Crippen LogP contribution is -2.40. The van der Waals surface area contributed by atoms with Crippen LogP contribution in [0.2, 0.25) is 5.02 Å². The molecule has 1 N–H and O–H groups in total. The van der Waals surface area contributed by atoms with Crippen LogP contribution in [0.4, 0.5) is 5.69 Å². The predicted octanol–water partition coefficient (Wildman–Crippen LogP) is 3.46. The normalized spacial score (nSPS) is 15.2. The smallest absolute Gasteiger partial charge is 0.243 e. The molecule has 0 spiro atoms. The molecule has 1 saturated heterocycles. The number of fused-ring (bicyclic) bond motifs is 1. The Balaban J connectivity index is 1.52. The topological polar surface area (TPSA) is 93.5 Å². The molecule has 1 aromatic heterocycles. The minimum Gasteiger partial charge on any atom is -0.379 e. The van der Waals surface area contributed by atoms with E-state index in [0.717, 1.165) is 5.52 Å². The molecule has 8 nitrogen and oxygen atoms in total. The Morgan fingerprint density at radius 3 is 2.59 bits per heavy atom. The number of thioether (sulfide) groups is 1. The number of benzene rings is 2. The zero-order chi connectivity index (χ0) is 22.7. The number of hydrogen-bond acceptors (Lipinski definition) is 6. The van der Waals surface area contributed by atoms with E-state index >= 15 is 0 Å². The number of halogens is 1. The molecule has 0 atom stereocenters. The summed E-state index contributed by atoms with van der Waals surface area (Å²) in [5.74, 6) is 0.00727. The molecule has 2 heterocycles. The van der Waals surface area contributed by atoms with Gasteiger partial charge in [0.1, 0.15) is 0 Å². The number of aryl methyl sites for hydroxylation is 1. The summed E-state index contributed by atoms with van der Waals surface area (Å²) < 4.78 is 34.6. The van der Waals surface area contributed by atoms with Crippen molar-refractivity contribution in [3.8, 4) is 0 Å². The van der Waals surface area contributed by atoms with Gasteiger partial charge < -0.3 is 14.6 Å². The molecule has 3 aromatic rings. The van der Waals surface area contributed by atoms with E-state index in [1.807, 2.05) is 11.5 Å². The molecule has 1 fully saturated rings. The van der Waals surface area contributed by atoms with Crippen molar-refractivity contribution in [1.29, 1.82) is 0 Å². The van der Waals surface area contributed by atoms with Crippen LogP contribution in [0.1, 0.15) is 6.92 Å². The van der Waals surface area contributed by atoms with Crippen LogP contribution in [0.5, 0.6) is 0 Å². The van der Waals surface area contributed by atoms with Crippen molar-refractivity contribution in [3.63, 3.8) is 0 Å². The SMILES string of the molecule is CCn1c(SCC(=O)Nc2ccc(Cl)cc2)nc2cc(S(=O)(=O)N3CCOCC3)ccc21. The molecule has 0 saturated carbocycles. The number of nitrogens with one attached hydrogen (secondary N) is 1. The van der Waals surface area contributed by atoms with Crippen molar-refractivity contribution in [3.05, 3.63) is 47.5 Å². The number of carbonyl (C=O) groups excluding carboxylic acids is 1. The first kappa shape index (κ1) is 23.1. The van der Waals surface area contributed by atoms with E-state index in [2.05, 4.69) is 10.3 Å². The number of amides is 1. The summed E-state index contributed by atoms with van der Waals surface area (Å²) >= 11 is 7.18. The summed E-state index contributed by atoms with van der Waals surface area (Å²) in [7, 11) is -3.60. The largest absolute Gasteiger partial charge is 0.379 e. The van der Waals surface area contributed by atoms with E-state index in [1.165, 1.54) is 16.1 Å². The van der Waals surface area contributed by atoms with Crippen molar-refractivity contribution in [2.24, 2.45) is 0 Å². The van der Waals surface area contributed by atoms with Crippen LogP contribution >= 0.6 is 23.4 Å². The van der Waals surface area contributed by atoms with Gasteiger partial charge in [0.25, 0.3) is 0 Å². The number of aromatic nitrogens is 2. The van der Waals surface area contributed by atoms with Gasteiger partial charge >= 0.3 is 0 Å².